The SMILES string of the molecule is CCOc1ccccc1N(CCCC(=O)N(Cc1ccc(Br)cc1)[C@H](C)C(=O)NCC(C)C)S(C)(=O)=O. The normalized spacial score (nSPS) is 12.2. The maximum absolute atomic E-state index is 13.4. The van der Waals surface area contributed by atoms with Crippen molar-refractivity contribution in [3.63, 3.8) is 0 Å². The Kier molecular flexibility index (Phi) is 11.9. The first-order valence-electron chi connectivity index (χ1n) is 12.4. The zero-order valence-corrected chi connectivity index (χ0v) is 24.6. The molecule has 0 spiro atoms. The Morgan fingerprint density at radius 3 is 2.30 bits per heavy atom. The van der Waals surface area contributed by atoms with E-state index in [1.54, 1.807) is 36.1 Å². The number of ether oxygens (including phenoxy) is 1. The average Bonchev–Trinajstić information content (AvgIpc) is 2.84. The standard InChI is InChI=1S/C27H38BrN3O5S/c1-6-36-25-11-8-7-10-24(25)31(37(5,34)35)17-9-12-26(32)30(19-22-13-15-23(28)16-14-22)21(4)27(33)29-18-20(2)3/h7-8,10-11,13-16,20-21H,6,9,12,17-19H2,1-5H3,(H,29,33)/t21-/m1/s1. The summed E-state index contributed by atoms with van der Waals surface area (Å²) in [5, 5.41) is 2.90. The highest BCUT2D eigenvalue weighted by molar-refractivity contribution is 9.10. The van der Waals surface area contributed by atoms with E-state index in [1.165, 1.54) is 4.31 Å². The minimum absolute atomic E-state index is 0.0845. The fourth-order valence-electron chi connectivity index (χ4n) is 3.74. The Morgan fingerprint density at radius 1 is 1.05 bits per heavy atom. The molecule has 8 nitrogen and oxygen atoms in total. The summed E-state index contributed by atoms with van der Waals surface area (Å²) in [6, 6.07) is 13.8. The molecule has 2 aromatic carbocycles. The van der Waals surface area contributed by atoms with Crippen molar-refractivity contribution < 1.29 is 22.7 Å². The molecule has 0 unspecified atom stereocenters. The van der Waals surface area contributed by atoms with Crippen molar-refractivity contribution in [2.75, 3.05) is 30.3 Å². The number of rotatable bonds is 14. The zero-order valence-electron chi connectivity index (χ0n) is 22.2. The number of carbonyl (C=O) groups is 2. The summed E-state index contributed by atoms with van der Waals surface area (Å²) in [6.07, 6.45) is 1.50. The van der Waals surface area contributed by atoms with Gasteiger partial charge < -0.3 is 15.0 Å². The van der Waals surface area contributed by atoms with Gasteiger partial charge in [0, 0.05) is 30.5 Å². The third-order valence-corrected chi connectivity index (χ3v) is 7.41. The number of nitrogens with one attached hydrogen (secondary N) is 1. The Labute approximate surface area is 229 Å². The van der Waals surface area contributed by atoms with E-state index in [9.17, 15) is 18.0 Å². The quantitative estimate of drug-likeness (QED) is 0.345. The van der Waals surface area contributed by atoms with Gasteiger partial charge in [0.25, 0.3) is 0 Å². The molecule has 0 radical (unpaired) electrons. The third kappa shape index (κ3) is 9.66. The third-order valence-electron chi connectivity index (χ3n) is 5.70. The van der Waals surface area contributed by atoms with Crippen LogP contribution in [0.15, 0.2) is 53.0 Å². The molecule has 0 saturated heterocycles. The van der Waals surface area contributed by atoms with Crippen molar-refractivity contribution in [3.05, 3.63) is 58.6 Å². The van der Waals surface area contributed by atoms with Crippen LogP contribution in [0, 0.1) is 5.92 Å². The number of carbonyl (C=O) groups excluding carboxylic acids is 2. The summed E-state index contributed by atoms with van der Waals surface area (Å²) >= 11 is 3.42. The van der Waals surface area contributed by atoms with Gasteiger partial charge in [-0.05, 0) is 56.0 Å². The number of hydrogen-bond acceptors (Lipinski definition) is 5. The number of para-hydroxylation sites is 2. The summed E-state index contributed by atoms with van der Waals surface area (Å²) in [5.41, 5.74) is 1.33. The Balaban J connectivity index is 2.19. The Bertz CT molecular complexity index is 1140. The second-order valence-electron chi connectivity index (χ2n) is 9.30. The van der Waals surface area contributed by atoms with Crippen LogP contribution < -0.4 is 14.4 Å². The van der Waals surface area contributed by atoms with E-state index in [0.29, 0.717) is 24.6 Å². The van der Waals surface area contributed by atoms with E-state index < -0.39 is 16.1 Å². The number of anilines is 1. The maximum Gasteiger partial charge on any atom is 0.242 e. The monoisotopic (exact) mass is 595 g/mol. The number of sulfonamides is 1. The molecule has 10 heteroatoms. The molecular weight excluding hydrogens is 558 g/mol. The van der Waals surface area contributed by atoms with Gasteiger partial charge in [-0.3, -0.25) is 13.9 Å². The smallest absolute Gasteiger partial charge is 0.242 e. The Morgan fingerprint density at radius 2 is 1.70 bits per heavy atom. The van der Waals surface area contributed by atoms with Crippen LogP contribution in [0.3, 0.4) is 0 Å². The van der Waals surface area contributed by atoms with Gasteiger partial charge in [-0.1, -0.05) is 54.0 Å². The molecule has 0 aliphatic heterocycles. The van der Waals surface area contributed by atoms with Gasteiger partial charge in [-0.2, -0.15) is 0 Å². The molecule has 0 heterocycles. The lowest BCUT2D eigenvalue weighted by Crippen LogP contribution is -2.48. The van der Waals surface area contributed by atoms with Gasteiger partial charge in [0.1, 0.15) is 11.8 Å². The van der Waals surface area contributed by atoms with Gasteiger partial charge >= 0.3 is 0 Å². The summed E-state index contributed by atoms with van der Waals surface area (Å²) in [6.45, 7) is 8.85. The lowest BCUT2D eigenvalue weighted by Gasteiger charge is -2.30. The molecule has 1 atom stereocenters. The number of halogens is 1. The van der Waals surface area contributed by atoms with E-state index in [2.05, 4.69) is 21.2 Å². The first kappa shape index (κ1) is 30.6. The largest absolute Gasteiger partial charge is 0.492 e. The van der Waals surface area contributed by atoms with Crippen molar-refractivity contribution in [3.8, 4) is 5.75 Å². The van der Waals surface area contributed by atoms with Crippen molar-refractivity contribution in [2.45, 2.75) is 53.1 Å². The van der Waals surface area contributed by atoms with Gasteiger partial charge in [-0.25, -0.2) is 8.42 Å². The molecule has 2 aromatic rings. The summed E-state index contributed by atoms with van der Waals surface area (Å²) < 4.78 is 33.0. The topological polar surface area (TPSA) is 96.0 Å². The van der Waals surface area contributed by atoms with Crippen molar-refractivity contribution >= 4 is 43.5 Å². The maximum atomic E-state index is 13.4. The second kappa shape index (κ2) is 14.4. The van der Waals surface area contributed by atoms with Crippen LogP contribution in [0.25, 0.3) is 0 Å². The summed E-state index contributed by atoms with van der Waals surface area (Å²) in [7, 11) is -3.62. The predicted molar refractivity (Wildman–Crippen MR) is 151 cm³/mol. The van der Waals surface area contributed by atoms with Gasteiger partial charge in [0.15, 0.2) is 0 Å². The fourth-order valence-corrected chi connectivity index (χ4v) is 4.98. The van der Waals surface area contributed by atoms with E-state index >= 15 is 0 Å². The molecule has 0 saturated carbocycles. The number of amides is 2. The van der Waals surface area contributed by atoms with Gasteiger partial charge in [0.2, 0.25) is 21.8 Å². The molecule has 0 aromatic heterocycles. The lowest BCUT2D eigenvalue weighted by molar-refractivity contribution is -0.140. The van der Waals surface area contributed by atoms with Crippen LogP contribution in [0.2, 0.25) is 0 Å². The highest BCUT2D eigenvalue weighted by Crippen LogP contribution is 2.30. The predicted octanol–water partition coefficient (Wildman–Crippen LogP) is 4.58. The van der Waals surface area contributed by atoms with Crippen LogP contribution in [-0.2, 0) is 26.2 Å². The van der Waals surface area contributed by atoms with Crippen LogP contribution in [-0.4, -0.2) is 57.1 Å². The van der Waals surface area contributed by atoms with E-state index in [-0.39, 0.29) is 43.7 Å². The van der Waals surface area contributed by atoms with Crippen LogP contribution in [0.1, 0.15) is 46.1 Å². The highest BCUT2D eigenvalue weighted by Gasteiger charge is 2.27. The van der Waals surface area contributed by atoms with Gasteiger partial charge in [0.05, 0.1) is 18.6 Å². The second-order valence-corrected chi connectivity index (χ2v) is 12.1. The zero-order chi connectivity index (χ0) is 27.6. The first-order valence-corrected chi connectivity index (χ1v) is 15.1. The number of nitrogens with zero attached hydrogens (tertiary/aromatic N) is 2. The molecule has 0 aliphatic carbocycles. The Hall–Kier alpha value is -2.59. The molecule has 1 N–H and O–H groups in total. The number of hydrogen-bond donors (Lipinski definition) is 1. The van der Waals surface area contributed by atoms with Crippen molar-refractivity contribution in [1.29, 1.82) is 0 Å². The molecule has 0 aliphatic rings. The summed E-state index contributed by atoms with van der Waals surface area (Å²) in [5.74, 6) is 0.312. The van der Waals surface area contributed by atoms with Crippen molar-refractivity contribution in [2.24, 2.45) is 5.92 Å². The highest BCUT2D eigenvalue weighted by atomic mass is 79.9. The molecule has 2 rings (SSSR count). The van der Waals surface area contributed by atoms with Crippen LogP contribution in [0.5, 0.6) is 5.75 Å². The van der Waals surface area contributed by atoms with E-state index in [0.717, 1.165) is 16.3 Å². The van der Waals surface area contributed by atoms with E-state index in [4.69, 9.17) is 4.74 Å². The van der Waals surface area contributed by atoms with Crippen LogP contribution >= 0.6 is 15.9 Å². The van der Waals surface area contributed by atoms with Crippen LogP contribution in [0.4, 0.5) is 5.69 Å². The molecular formula is C27H38BrN3O5S. The van der Waals surface area contributed by atoms with Crippen molar-refractivity contribution in [1.82, 2.24) is 10.2 Å². The molecule has 0 bridgehead atoms. The first-order chi connectivity index (χ1) is 17.4. The van der Waals surface area contributed by atoms with E-state index in [1.807, 2.05) is 45.0 Å². The average molecular weight is 597 g/mol. The van der Waals surface area contributed by atoms with Gasteiger partial charge in [-0.15, -0.1) is 0 Å². The minimum Gasteiger partial charge on any atom is -0.492 e. The molecule has 0 fully saturated rings. The molecule has 37 heavy (non-hydrogen) atoms. The number of benzene rings is 2. The lowest BCUT2D eigenvalue weighted by atomic mass is 10.1. The molecule has 2 amide bonds. The minimum atomic E-state index is -3.62. The summed E-state index contributed by atoms with van der Waals surface area (Å²) in [4.78, 5) is 27.8. The molecule has 204 valence electrons. The fraction of sp³-hybridized carbons (Fsp3) is 0.481.